The van der Waals surface area contributed by atoms with E-state index in [9.17, 15) is 13.2 Å². The average molecular weight is 313 g/mol. The first-order valence-electron chi connectivity index (χ1n) is 7.03. The van der Waals surface area contributed by atoms with Crippen LogP contribution in [0.3, 0.4) is 0 Å². The number of nitrogens with one attached hydrogen (secondary N) is 1. The number of sulfone groups is 1. The van der Waals surface area contributed by atoms with Gasteiger partial charge in [-0.05, 0) is 44.5 Å². The van der Waals surface area contributed by atoms with E-state index in [0.717, 1.165) is 5.56 Å². The van der Waals surface area contributed by atoms with Crippen LogP contribution >= 0.6 is 0 Å². The maximum absolute atomic E-state index is 11.4. The quantitative estimate of drug-likeness (QED) is 0.587. The predicted octanol–water partition coefficient (Wildman–Crippen LogP) is 2.08. The van der Waals surface area contributed by atoms with Crippen molar-refractivity contribution in [1.29, 1.82) is 0 Å². The molecular formula is C15H23NO4S. The molecule has 0 spiro atoms. The van der Waals surface area contributed by atoms with Gasteiger partial charge in [-0.2, -0.15) is 0 Å². The zero-order chi connectivity index (χ0) is 15.9. The molecule has 1 unspecified atom stereocenters. The van der Waals surface area contributed by atoms with E-state index in [1.165, 1.54) is 6.26 Å². The summed E-state index contributed by atoms with van der Waals surface area (Å²) in [7, 11) is -3.15. The number of carbonyl (C=O) groups excluding carboxylic acids is 1. The molecule has 0 aliphatic carbocycles. The number of rotatable bonds is 8. The summed E-state index contributed by atoms with van der Waals surface area (Å²) in [6, 6.07) is 6.93. The molecule has 1 atom stereocenters. The summed E-state index contributed by atoms with van der Waals surface area (Å²) < 4.78 is 27.6. The lowest BCUT2D eigenvalue weighted by molar-refractivity contribution is -0.143. The number of esters is 1. The highest BCUT2D eigenvalue weighted by Gasteiger charge is 2.09. The van der Waals surface area contributed by atoms with Crippen LogP contribution in [0.5, 0.6) is 0 Å². The fourth-order valence-corrected chi connectivity index (χ4v) is 2.54. The molecule has 1 rings (SSSR count). The van der Waals surface area contributed by atoms with Gasteiger partial charge in [0.15, 0.2) is 9.84 Å². The van der Waals surface area contributed by atoms with Crippen LogP contribution in [0.25, 0.3) is 0 Å². The SMILES string of the molecule is CCOC(=O)CCCNC(C)c1ccc(S(C)(=O)=O)cc1. The Hall–Kier alpha value is -1.40. The van der Waals surface area contributed by atoms with E-state index >= 15 is 0 Å². The Balaban J connectivity index is 2.42. The van der Waals surface area contributed by atoms with Crippen LogP contribution in [0.15, 0.2) is 29.2 Å². The Morgan fingerprint density at radius 3 is 2.43 bits per heavy atom. The summed E-state index contributed by atoms with van der Waals surface area (Å²) in [5.41, 5.74) is 1.01. The maximum atomic E-state index is 11.4. The lowest BCUT2D eigenvalue weighted by atomic mass is 10.1. The molecule has 1 aromatic carbocycles. The van der Waals surface area contributed by atoms with E-state index in [2.05, 4.69) is 5.32 Å². The molecule has 0 aliphatic rings. The molecule has 0 aromatic heterocycles. The van der Waals surface area contributed by atoms with Gasteiger partial charge in [-0.1, -0.05) is 12.1 Å². The molecule has 0 heterocycles. The summed E-state index contributed by atoms with van der Waals surface area (Å²) in [6.45, 7) is 4.90. The molecule has 1 N–H and O–H groups in total. The highest BCUT2D eigenvalue weighted by Crippen LogP contribution is 2.16. The fraction of sp³-hybridized carbons (Fsp3) is 0.533. The normalized spacial score (nSPS) is 12.9. The molecule has 0 saturated heterocycles. The Bertz CT molecular complexity index is 552. The number of hydrogen-bond donors (Lipinski definition) is 1. The Morgan fingerprint density at radius 1 is 1.29 bits per heavy atom. The third-order valence-corrected chi connectivity index (χ3v) is 4.25. The molecule has 5 nitrogen and oxygen atoms in total. The number of benzene rings is 1. The Morgan fingerprint density at radius 2 is 1.90 bits per heavy atom. The minimum absolute atomic E-state index is 0.0980. The van der Waals surface area contributed by atoms with Gasteiger partial charge in [0.05, 0.1) is 11.5 Å². The average Bonchev–Trinajstić information content (AvgIpc) is 2.43. The van der Waals surface area contributed by atoms with Gasteiger partial charge in [0.2, 0.25) is 0 Å². The highest BCUT2D eigenvalue weighted by atomic mass is 32.2. The molecule has 21 heavy (non-hydrogen) atoms. The summed E-state index contributed by atoms with van der Waals surface area (Å²) in [6.07, 6.45) is 2.31. The number of carbonyl (C=O) groups is 1. The number of hydrogen-bond acceptors (Lipinski definition) is 5. The van der Waals surface area contributed by atoms with E-state index in [4.69, 9.17) is 4.74 Å². The lowest BCUT2D eigenvalue weighted by Crippen LogP contribution is -2.20. The monoisotopic (exact) mass is 313 g/mol. The van der Waals surface area contributed by atoms with Crippen molar-refractivity contribution in [3.05, 3.63) is 29.8 Å². The molecule has 0 amide bonds. The fourth-order valence-electron chi connectivity index (χ4n) is 1.91. The Kier molecular flexibility index (Phi) is 6.84. The third-order valence-electron chi connectivity index (χ3n) is 3.12. The first-order valence-corrected chi connectivity index (χ1v) is 8.92. The van der Waals surface area contributed by atoms with E-state index in [1.54, 1.807) is 31.2 Å². The molecular weight excluding hydrogens is 290 g/mol. The van der Waals surface area contributed by atoms with Gasteiger partial charge in [0.25, 0.3) is 0 Å². The van der Waals surface area contributed by atoms with Gasteiger partial charge in [0.1, 0.15) is 0 Å². The van der Waals surface area contributed by atoms with Crippen molar-refractivity contribution in [2.24, 2.45) is 0 Å². The molecule has 0 saturated carbocycles. The van der Waals surface area contributed by atoms with Gasteiger partial charge in [0, 0.05) is 18.7 Å². The second kappa shape index (κ2) is 8.14. The zero-order valence-electron chi connectivity index (χ0n) is 12.8. The van der Waals surface area contributed by atoms with Crippen molar-refractivity contribution < 1.29 is 17.9 Å². The first kappa shape index (κ1) is 17.7. The minimum atomic E-state index is -3.15. The van der Waals surface area contributed by atoms with Crippen LogP contribution in [-0.4, -0.2) is 33.8 Å². The smallest absolute Gasteiger partial charge is 0.305 e. The van der Waals surface area contributed by atoms with Gasteiger partial charge in [-0.3, -0.25) is 4.79 Å². The highest BCUT2D eigenvalue weighted by molar-refractivity contribution is 7.90. The van der Waals surface area contributed by atoms with Gasteiger partial charge in [-0.25, -0.2) is 8.42 Å². The molecule has 0 fully saturated rings. The first-order chi connectivity index (χ1) is 9.84. The van der Waals surface area contributed by atoms with Crippen molar-refractivity contribution >= 4 is 15.8 Å². The van der Waals surface area contributed by atoms with Crippen LogP contribution in [0.2, 0.25) is 0 Å². The Labute approximate surface area is 126 Å². The van der Waals surface area contributed by atoms with E-state index in [-0.39, 0.29) is 12.0 Å². The zero-order valence-corrected chi connectivity index (χ0v) is 13.6. The van der Waals surface area contributed by atoms with Crippen LogP contribution < -0.4 is 5.32 Å². The summed E-state index contributed by atoms with van der Waals surface area (Å²) in [4.78, 5) is 11.5. The van der Waals surface area contributed by atoms with Gasteiger partial charge in [-0.15, -0.1) is 0 Å². The molecule has 1 aromatic rings. The van der Waals surface area contributed by atoms with Crippen molar-refractivity contribution in [1.82, 2.24) is 5.32 Å². The largest absolute Gasteiger partial charge is 0.466 e. The van der Waals surface area contributed by atoms with E-state index in [1.807, 2.05) is 6.92 Å². The molecule has 6 heteroatoms. The van der Waals surface area contributed by atoms with Gasteiger partial charge < -0.3 is 10.1 Å². The molecule has 118 valence electrons. The maximum Gasteiger partial charge on any atom is 0.305 e. The molecule has 0 aliphatic heterocycles. The lowest BCUT2D eigenvalue weighted by Gasteiger charge is -2.14. The number of ether oxygens (including phenoxy) is 1. The topological polar surface area (TPSA) is 72.5 Å². The van der Waals surface area contributed by atoms with Crippen molar-refractivity contribution in [2.45, 2.75) is 37.6 Å². The van der Waals surface area contributed by atoms with Crippen LogP contribution in [0.1, 0.15) is 38.3 Å². The standard InChI is InChI=1S/C15H23NO4S/c1-4-20-15(17)6-5-11-16-12(2)13-7-9-14(10-8-13)21(3,18)19/h7-10,12,16H,4-6,11H2,1-3H3. The second-order valence-electron chi connectivity index (χ2n) is 4.93. The second-order valence-corrected chi connectivity index (χ2v) is 6.94. The summed E-state index contributed by atoms with van der Waals surface area (Å²) in [5, 5.41) is 3.30. The third kappa shape index (κ3) is 6.27. The minimum Gasteiger partial charge on any atom is -0.466 e. The van der Waals surface area contributed by atoms with E-state index < -0.39 is 9.84 Å². The molecule has 0 bridgehead atoms. The van der Waals surface area contributed by atoms with E-state index in [0.29, 0.717) is 30.9 Å². The van der Waals surface area contributed by atoms with Crippen LogP contribution in [0.4, 0.5) is 0 Å². The summed E-state index contributed by atoms with van der Waals surface area (Å²) >= 11 is 0. The van der Waals surface area contributed by atoms with Crippen molar-refractivity contribution in [2.75, 3.05) is 19.4 Å². The predicted molar refractivity (Wildman–Crippen MR) is 81.8 cm³/mol. The van der Waals surface area contributed by atoms with Crippen LogP contribution in [-0.2, 0) is 19.4 Å². The molecule has 0 radical (unpaired) electrons. The van der Waals surface area contributed by atoms with Crippen molar-refractivity contribution in [3.63, 3.8) is 0 Å². The van der Waals surface area contributed by atoms with Crippen molar-refractivity contribution in [3.8, 4) is 0 Å². The summed E-state index contributed by atoms with van der Waals surface area (Å²) in [5.74, 6) is -0.176. The van der Waals surface area contributed by atoms with Crippen LogP contribution in [0, 0.1) is 0 Å². The van der Waals surface area contributed by atoms with Gasteiger partial charge >= 0.3 is 5.97 Å².